The molecule has 1 atom stereocenters. The van der Waals surface area contributed by atoms with E-state index < -0.39 is 54.1 Å². The summed E-state index contributed by atoms with van der Waals surface area (Å²) in [6, 6.07) is 11.5. The zero-order chi connectivity index (χ0) is 53.4. The number of benzene rings is 2. The van der Waals surface area contributed by atoms with Crippen LogP contribution in [0, 0.1) is 0 Å². The number of amides is 2. The number of ether oxygens (including phenoxy) is 8. The Kier molecular flexibility index (Phi) is 27.7. The normalized spacial score (nSPS) is 16.4. The van der Waals surface area contributed by atoms with Gasteiger partial charge in [-0.25, -0.2) is 26.2 Å². The molecule has 0 bridgehead atoms. The van der Waals surface area contributed by atoms with Gasteiger partial charge in [0.15, 0.2) is 13.1 Å². The van der Waals surface area contributed by atoms with Crippen LogP contribution in [0.1, 0.15) is 56.6 Å². The molecule has 1 aromatic rings. The average molecular weight is 1100 g/mol. The van der Waals surface area contributed by atoms with Gasteiger partial charge in [-0.2, -0.15) is 0 Å². The number of fused-ring (bicyclic) bond motifs is 2. The van der Waals surface area contributed by atoms with Gasteiger partial charge in [-0.1, -0.05) is 12.2 Å². The van der Waals surface area contributed by atoms with E-state index in [1.165, 1.54) is 12.1 Å². The third-order valence-corrected chi connectivity index (χ3v) is 13.6. The van der Waals surface area contributed by atoms with Crippen LogP contribution in [-0.4, -0.2) is 181 Å². The van der Waals surface area contributed by atoms with Gasteiger partial charge in [-0.05, 0) is 73.7 Å². The van der Waals surface area contributed by atoms with Crippen molar-refractivity contribution in [3.05, 3.63) is 83.1 Å². The first kappa shape index (κ1) is 63.6. The van der Waals surface area contributed by atoms with Crippen molar-refractivity contribution in [1.82, 2.24) is 9.64 Å². The van der Waals surface area contributed by atoms with Crippen LogP contribution in [0.25, 0.3) is 17.4 Å². The maximum atomic E-state index is 12.9. The third-order valence-electron chi connectivity index (χ3n) is 12.0. The molecule has 75 heavy (non-hydrogen) atoms. The van der Waals surface area contributed by atoms with Crippen molar-refractivity contribution in [3.63, 3.8) is 0 Å². The van der Waals surface area contributed by atoms with E-state index in [2.05, 4.69) is 4.58 Å². The summed E-state index contributed by atoms with van der Waals surface area (Å²) in [4.78, 5) is 43.4. The van der Waals surface area contributed by atoms with Gasteiger partial charge in [-0.15, -0.1) is 5.06 Å². The van der Waals surface area contributed by atoms with Crippen molar-refractivity contribution in [3.8, 4) is 11.3 Å². The topological polar surface area (TPSA) is 271 Å². The molecule has 22 nitrogen and oxygen atoms in total. The predicted octanol–water partition coefficient (Wildman–Crippen LogP) is -0.155. The van der Waals surface area contributed by atoms with E-state index in [1.54, 1.807) is 50.5 Å². The molecule has 1 fully saturated rings. The Bertz CT molecular complexity index is 2580. The van der Waals surface area contributed by atoms with Crippen LogP contribution in [0.5, 0.6) is 0 Å². The second kappa shape index (κ2) is 32.7. The average Bonchev–Trinajstić information content (AvgIpc) is 3.79. The molecule has 1 aliphatic carbocycles. The van der Waals surface area contributed by atoms with Gasteiger partial charge in [0, 0.05) is 74.2 Å². The summed E-state index contributed by atoms with van der Waals surface area (Å²) in [5.74, 6) is -2.20. The summed E-state index contributed by atoms with van der Waals surface area (Å²) in [5, 5.41) is 1.31. The number of hydrogen-bond donors (Lipinski definition) is 0. The molecule has 1 saturated heterocycles. The Balaban J connectivity index is 0.0000122. The molecule has 0 spiro atoms. The quantitative estimate of drug-likeness (QED) is 0.0241. The molecule has 3 heterocycles. The Morgan fingerprint density at radius 2 is 1.31 bits per heavy atom. The summed E-state index contributed by atoms with van der Waals surface area (Å²) < 4.78 is 124. The number of rotatable bonds is 36. The molecular weight excluding hydrogens is 1030 g/mol. The van der Waals surface area contributed by atoms with Crippen LogP contribution >= 0.6 is 0 Å². The molecule has 0 saturated carbocycles. The van der Waals surface area contributed by atoms with E-state index in [9.17, 15) is 40.3 Å². The minimum absolute atomic E-state index is 0. The molecule has 25 heteroatoms. The largest absolute Gasteiger partial charge is 1.00 e. The fourth-order valence-electron chi connectivity index (χ4n) is 8.27. The molecule has 2 amide bonds. The number of nitrogens with zero attached hydrogens (tertiary/aromatic N) is 3. The molecule has 0 aromatic heterocycles. The van der Waals surface area contributed by atoms with Crippen molar-refractivity contribution in [1.29, 1.82) is 0 Å². The van der Waals surface area contributed by atoms with E-state index in [1.807, 2.05) is 24.3 Å². The maximum Gasteiger partial charge on any atom is 1.00 e. The Morgan fingerprint density at radius 3 is 1.85 bits per heavy atom. The van der Waals surface area contributed by atoms with E-state index >= 15 is 0 Å². The summed E-state index contributed by atoms with van der Waals surface area (Å²) in [6.45, 7) is 9.08. The van der Waals surface area contributed by atoms with Crippen LogP contribution < -0.4 is 44.4 Å². The van der Waals surface area contributed by atoms with E-state index in [0.717, 1.165) is 22.6 Å². The Morgan fingerprint density at radius 1 is 0.747 bits per heavy atom. The van der Waals surface area contributed by atoms with Gasteiger partial charge in [-0.3, -0.25) is 9.59 Å². The van der Waals surface area contributed by atoms with Crippen molar-refractivity contribution in [2.24, 2.45) is 0 Å². The second-order valence-corrected chi connectivity index (χ2v) is 20.1. The Hall–Kier alpha value is -3.96. The number of allylic oxidation sites excluding steroid dienone is 3. The number of carbonyl (C=O) groups is 3. The van der Waals surface area contributed by atoms with E-state index in [-0.39, 0.29) is 74.6 Å². The monoisotopic (exact) mass is 1100 g/mol. The van der Waals surface area contributed by atoms with Gasteiger partial charge in [0.1, 0.15) is 29.1 Å². The molecule has 0 radical (unpaired) electrons. The minimum Gasteiger partial charge on any atom is -0.748 e. The number of methoxy groups -OCH3 is 2. The molecule has 1 aromatic carbocycles. The SMILES string of the molecule is COCCOCCOCCOCC[N+](CCOCCOCCOCCOC)=c1ccc2c(/C=C/C=C3\N(CCCS(=O)(=O)[O-])c4ccc(S(=O)(=O)[O-])cc4C3(C)CCCC(=O)ON3C(=O)CCC3=O)ccoc-2c1.[Na+]. The number of carbonyl (C=O) groups excluding carboxylic acids is 3. The smallest absolute Gasteiger partial charge is 0.748 e. The van der Waals surface area contributed by atoms with Gasteiger partial charge in [0.25, 0.3) is 11.8 Å². The maximum absolute atomic E-state index is 12.9. The van der Waals surface area contributed by atoms with Crippen LogP contribution in [0.15, 0.2) is 75.9 Å². The summed E-state index contributed by atoms with van der Waals surface area (Å²) in [6.07, 6.45) is 6.73. The van der Waals surface area contributed by atoms with Crippen LogP contribution in [0.3, 0.4) is 0 Å². The van der Waals surface area contributed by atoms with Gasteiger partial charge < -0.3 is 61.2 Å². The zero-order valence-electron chi connectivity index (χ0n) is 43.2. The first-order valence-electron chi connectivity index (χ1n) is 24.4. The number of hydroxylamine groups is 2. The zero-order valence-corrected chi connectivity index (χ0v) is 46.9. The van der Waals surface area contributed by atoms with Gasteiger partial charge in [0.05, 0.1) is 107 Å². The van der Waals surface area contributed by atoms with Crippen molar-refractivity contribution >= 4 is 49.8 Å². The fourth-order valence-corrected chi connectivity index (χ4v) is 9.25. The van der Waals surface area contributed by atoms with E-state index in [4.69, 9.17) is 47.1 Å². The van der Waals surface area contributed by atoms with Crippen molar-refractivity contribution in [2.75, 3.05) is 137 Å². The molecule has 5 rings (SSSR count). The Labute approximate surface area is 460 Å². The molecule has 0 N–H and O–H groups in total. The molecule has 4 aliphatic rings. The first-order valence-corrected chi connectivity index (χ1v) is 27.3. The first-order chi connectivity index (χ1) is 35.6. The van der Waals surface area contributed by atoms with Gasteiger partial charge in [0.2, 0.25) is 5.36 Å². The number of imide groups is 1. The molecule has 1 unspecified atom stereocenters. The number of anilines is 1. The fraction of sp³-hybridized carbons (Fsp3) is 0.560. The minimum atomic E-state index is -4.92. The van der Waals surface area contributed by atoms with Crippen molar-refractivity contribution in [2.45, 2.75) is 55.8 Å². The van der Waals surface area contributed by atoms with Gasteiger partial charge >= 0.3 is 35.5 Å². The molecular formula is C50H68N3NaO19S2. The number of hydrogen-bond acceptors (Lipinski definition) is 20. The summed E-state index contributed by atoms with van der Waals surface area (Å²) in [7, 11) is -6.29. The summed E-state index contributed by atoms with van der Waals surface area (Å²) >= 11 is 0. The van der Waals surface area contributed by atoms with Crippen molar-refractivity contribution < 1.29 is 117 Å². The van der Waals surface area contributed by atoms with Crippen LogP contribution in [0.2, 0.25) is 0 Å². The predicted molar refractivity (Wildman–Crippen MR) is 265 cm³/mol. The summed E-state index contributed by atoms with van der Waals surface area (Å²) in [5.41, 5.74) is 1.85. The molecule has 3 aliphatic heterocycles. The standard InChI is InChI=1S/C50H69N3O19S2.Na/c1-50(17-5-9-49(56)72-53-47(54)14-15-48(53)55)43-38-41(74(60,61)62)11-13-44(43)52(18-6-36-73(57,58)59)46(50)8-4-7-39-16-21-71-45-37-40(10-12-42(39)45)51(19-22-65-28-30-69-34-32-67-26-24-63-2)20-23-66-29-31-70-35-33-68-27-25-64-3;/h4,7-8,10-13,16,21,37-38H,5-6,9,14-15,17-20,22-36H2,1-3H3,(H-,57,58,59,60,61,62);/q;+1/p-1. The van der Waals surface area contributed by atoms with Crippen LogP contribution in [0.4, 0.5) is 5.69 Å². The second-order valence-electron chi connectivity index (χ2n) is 17.2. The molecule has 410 valence electrons. The van der Waals surface area contributed by atoms with Crippen LogP contribution in [-0.2, 0) is 82.8 Å². The third kappa shape index (κ3) is 20.7. The van der Waals surface area contributed by atoms with E-state index in [0.29, 0.717) is 133 Å².